The maximum Gasteiger partial charge on any atom is 0.335 e. The molecule has 0 fully saturated rings. The van der Waals surface area contributed by atoms with Crippen LogP contribution in [0, 0.1) is 0 Å². The predicted molar refractivity (Wildman–Crippen MR) is 66.2 cm³/mol. The van der Waals surface area contributed by atoms with Gasteiger partial charge in [-0.3, -0.25) is 4.79 Å². The van der Waals surface area contributed by atoms with Crippen LogP contribution in [-0.4, -0.2) is 31.7 Å². The van der Waals surface area contributed by atoms with Crippen LogP contribution >= 0.6 is 0 Å². The summed E-state index contributed by atoms with van der Waals surface area (Å²) < 4.78 is 1.33. The highest BCUT2D eigenvalue weighted by Gasteiger charge is 2.11. The summed E-state index contributed by atoms with van der Waals surface area (Å²) in [5.41, 5.74) is 5.96. The van der Waals surface area contributed by atoms with Crippen LogP contribution in [0.4, 0.5) is 0 Å². The van der Waals surface area contributed by atoms with Gasteiger partial charge >= 0.3 is 5.97 Å². The summed E-state index contributed by atoms with van der Waals surface area (Å²) in [5, 5.41) is 13.0. The van der Waals surface area contributed by atoms with Crippen molar-refractivity contribution in [1.29, 1.82) is 0 Å². The minimum absolute atomic E-state index is 0.0978. The fourth-order valence-corrected chi connectivity index (χ4v) is 1.58. The monoisotopic (exact) mass is 260 g/mol. The van der Waals surface area contributed by atoms with Crippen molar-refractivity contribution in [3.05, 3.63) is 41.3 Å². The number of aromatic carboxylic acids is 1. The third kappa shape index (κ3) is 2.59. The fraction of sp³-hybridized carbons (Fsp3) is 0.167. The maximum absolute atomic E-state index is 11.0. The first kappa shape index (κ1) is 12.7. The quantitative estimate of drug-likeness (QED) is 0.837. The van der Waals surface area contributed by atoms with E-state index in [0.717, 1.165) is 0 Å². The highest BCUT2D eigenvalue weighted by Crippen LogP contribution is 2.11. The smallest absolute Gasteiger partial charge is 0.335 e. The second-order valence-electron chi connectivity index (χ2n) is 3.87. The van der Waals surface area contributed by atoms with Gasteiger partial charge in [0.2, 0.25) is 0 Å². The topological polar surface area (TPSA) is 111 Å². The van der Waals surface area contributed by atoms with Crippen molar-refractivity contribution in [3.8, 4) is 5.82 Å². The lowest BCUT2D eigenvalue weighted by Gasteiger charge is -2.05. The second kappa shape index (κ2) is 4.89. The molecule has 0 bridgehead atoms. The molecule has 0 aromatic carbocycles. The van der Waals surface area contributed by atoms with E-state index in [1.807, 2.05) is 6.92 Å². The number of amides is 1. The van der Waals surface area contributed by atoms with Crippen LogP contribution in [0.3, 0.4) is 0 Å². The first-order valence-electron chi connectivity index (χ1n) is 5.61. The second-order valence-corrected chi connectivity index (χ2v) is 3.87. The van der Waals surface area contributed by atoms with Gasteiger partial charge in [0.1, 0.15) is 5.69 Å². The molecule has 0 saturated carbocycles. The van der Waals surface area contributed by atoms with Gasteiger partial charge in [0.05, 0.1) is 5.56 Å². The van der Waals surface area contributed by atoms with Crippen molar-refractivity contribution >= 4 is 11.9 Å². The largest absolute Gasteiger partial charge is 0.478 e. The molecule has 0 aliphatic carbocycles. The molecule has 7 nitrogen and oxygen atoms in total. The summed E-state index contributed by atoms with van der Waals surface area (Å²) >= 11 is 0. The van der Waals surface area contributed by atoms with Crippen molar-refractivity contribution < 1.29 is 14.7 Å². The first-order chi connectivity index (χ1) is 9.01. The van der Waals surface area contributed by atoms with Gasteiger partial charge in [0.25, 0.3) is 5.91 Å². The zero-order valence-electron chi connectivity index (χ0n) is 10.2. The van der Waals surface area contributed by atoms with Crippen molar-refractivity contribution in [2.24, 2.45) is 5.73 Å². The van der Waals surface area contributed by atoms with E-state index in [1.54, 1.807) is 0 Å². The van der Waals surface area contributed by atoms with E-state index in [1.165, 1.54) is 29.1 Å². The minimum Gasteiger partial charge on any atom is -0.478 e. The highest BCUT2D eigenvalue weighted by atomic mass is 16.4. The molecule has 0 aliphatic rings. The third-order valence-electron chi connectivity index (χ3n) is 2.55. The highest BCUT2D eigenvalue weighted by molar-refractivity contribution is 5.90. The van der Waals surface area contributed by atoms with Crippen LogP contribution in [0.2, 0.25) is 0 Å². The Morgan fingerprint density at radius 1 is 1.42 bits per heavy atom. The Morgan fingerprint density at radius 2 is 2.16 bits per heavy atom. The number of aryl methyl sites for hydroxylation is 1. The molecule has 19 heavy (non-hydrogen) atoms. The molecule has 2 aromatic heterocycles. The molecule has 3 N–H and O–H groups in total. The number of rotatable bonds is 4. The number of carboxylic acid groups (broad SMARTS) is 1. The van der Waals surface area contributed by atoms with Gasteiger partial charge in [-0.2, -0.15) is 5.10 Å². The zero-order chi connectivity index (χ0) is 14.0. The maximum atomic E-state index is 11.0. The Hall–Kier alpha value is -2.70. The molecule has 0 unspecified atom stereocenters. The summed E-state index contributed by atoms with van der Waals surface area (Å²) in [6.07, 6.45) is 2.10. The van der Waals surface area contributed by atoms with Crippen LogP contribution in [0.1, 0.15) is 33.5 Å². The molecule has 2 aromatic rings. The number of hydrogen-bond acceptors (Lipinski definition) is 4. The fourth-order valence-electron chi connectivity index (χ4n) is 1.58. The Balaban J connectivity index is 2.50. The molecule has 2 rings (SSSR count). The Labute approximate surface area is 108 Å². The molecule has 0 atom stereocenters. The first-order valence-corrected chi connectivity index (χ1v) is 5.61. The lowest BCUT2D eigenvalue weighted by atomic mass is 10.2. The number of carboxylic acids is 1. The van der Waals surface area contributed by atoms with E-state index < -0.39 is 11.9 Å². The molecule has 0 spiro atoms. The van der Waals surface area contributed by atoms with E-state index in [9.17, 15) is 9.59 Å². The molecular weight excluding hydrogens is 248 g/mol. The molecule has 7 heteroatoms. The summed E-state index contributed by atoms with van der Waals surface area (Å²) in [7, 11) is 0. The average Bonchev–Trinajstić information content (AvgIpc) is 2.87. The third-order valence-corrected chi connectivity index (χ3v) is 2.55. The van der Waals surface area contributed by atoms with Crippen molar-refractivity contribution in [2.45, 2.75) is 13.3 Å². The number of pyridine rings is 1. The standard InChI is InChI=1S/C12H12N4O3/c1-2-8-5-7(12(18)19)6-10(14-8)16-4-3-9(15-16)11(13)17/h3-6H,2H2,1H3,(H2,13,17)(H,18,19). The number of aromatic nitrogens is 3. The number of nitrogens with zero attached hydrogens (tertiary/aromatic N) is 3. The van der Waals surface area contributed by atoms with Gasteiger partial charge < -0.3 is 10.8 Å². The summed E-state index contributed by atoms with van der Waals surface area (Å²) in [6, 6.07) is 4.34. The van der Waals surface area contributed by atoms with E-state index in [-0.39, 0.29) is 11.3 Å². The van der Waals surface area contributed by atoms with Crippen molar-refractivity contribution in [3.63, 3.8) is 0 Å². The number of hydrogen-bond donors (Lipinski definition) is 2. The minimum atomic E-state index is -1.04. The summed E-state index contributed by atoms with van der Waals surface area (Å²) in [6.45, 7) is 1.87. The van der Waals surface area contributed by atoms with Crippen LogP contribution < -0.4 is 5.73 Å². The van der Waals surface area contributed by atoms with Gasteiger partial charge in [-0.15, -0.1) is 0 Å². The van der Waals surface area contributed by atoms with Gasteiger partial charge in [0.15, 0.2) is 5.82 Å². The van der Waals surface area contributed by atoms with Gasteiger partial charge in [-0.1, -0.05) is 6.92 Å². The number of carbonyl (C=O) groups is 2. The molecule has 0 saturated heterocycles. The van der Waals surface area contributed by atoms with Crippen LogP contribution in [0.25, 0.3) is 5.82 Å². The summed E-state index contributed by atoms with van der Waals surface area (Å²) in [4.78, 5) is 26.3. The van der Waals surface area contributed by atoms with E-state index >= 15 is 0 Å². The molecule has 0 radical (unpaired) electrons. The van der Waals surface area contributed by atoms with Crippen LogP contribution in [0.15, 0.2) is 24.4 Å². The van der Waals surface area contributed by atoms with Crippen LogP contribution in [0.5, 0.6) is 0 Å². The van der Waals surface area contributed by atoms with Gasteiger partial charge in [-0.25, -0.2) is 14.5 Å². The number of primary amides is 1. The Bertz CT molecular complexity index is 648. The zero-order valence-corrected chi connectivity index (χ0v) is 10.2. The molecule has 0 aliphatic heterocycles. The van der Waals surface area contributed by atoms with Gasteiger partial charge in [-0.05, 0) is 24.6 Å². The van der Waals surface area contributed by atoms with Gasteiger partial charge in [0, 0.05) is 11.9 Å². The Morgan fingerprint density at radius 3 is 2.68 bits per heavy atom. The van der Waals surface area contributed by atoms with E-state index in [2.05, 4.69) is 10.1 Å². The molecule has 98 valence electrons. The number of nitrogens with two attached hydrogens (primary N) is 1. The lowest BCUT2D eigenvalue weighted by molar-refractivity contribution is 0.0696. The molecule has 2 heterocycles. The predicted octanol–water partition coefficient (Wildman–Crippen LogP) is 0.627. The molecular formula is C12H12N4O3. The molecule has 1 amide bonds. The average molecular weight is 260 g/mol. The normalized spacial score (nSPS) is 10.4. The SMILES string of the molecule is CCc1cc(C(=O)O)cc(-n2ccc(C(N)=O)n2)n1. The number of carbonyl (C=O) groups excluding carboxylic acids is 1. The lowest BCUT2D eigenvalue weighted by Crippen LogP contribution is -2.13. The van der Waals surface area contributed by atoms with Crippen molar-refractivity contribution in [1.82, 2.24) is 14.8 Å². The van der Waals surface area contributed by atoms with E-state index in [0.29, 0.717) is 17.9 Å². The van der Waals surface area contributed by atoms with Crippen LogP contribution in [-0.2, 0) is 6.42 Å². The summed E-state index contributed by atoms with van der Waals surface area (Å²) in [5.74, 6) is -1.35. The van der Waals surface area contributed by atoms with Crippen molar-refractivity contribution in [2.75, 3.05) is 0 Å². The van der Waals surface area contributed by atoms with E-state index in [4.69, 9.17) is 10.8 Å². The Kier molecular flexibility index (Phi) is 3.28.